The number of hydrogen-bond donors (Lipinski definition) is 1. The third kappa shape index (κ3) is 4.91. The Kier molecular flexibility index (Phi) is 5.81. The number of halogens is 3. The number of alkyl halides is 3. The molecule has 2 heterocycles. The maximum absolute atomic E-state index is 12.2. The van der Waals surface area contributed by atoms with Gasteiger partial charge in [-0.05, 0) is 20.8 Å². The van der Waals surface area contributed by atoms with E-state index in [4.69, 9.17) is 4.52 Å². The van der Waals surface area contributed by atoms with Crippen molar-refractivity contribution in [2.75, 3.05) is 32.7 Å². The monoisotopic (exact) mass is 349 g/mol. The number of hydrogen-bond acceptors (Lipinski definition) is 6. The summed E-state index contributed by atoms with van der Waals surface area (Å²) in [5.74, 6) is 0.503. The quantitative estimate of drug-likeness (QED) is 0.859. The van der Waals surface area contributed by atoms with Gasteiger partial charge in [-0.1, -0.05) is 5.16 Å². The molecule has 2 unspecified atom stereocenters. The van der Waals surface area contributed by atoms with Crippen LogP contribution in [-0.4, -0.2) is 70.8 Å². The van der Waals surface area contributed by atoms with Crippen LogP contribution in [0.3, 0.4) is 0 Å². The van der Waals surface area contributed by atoms with Crippen LogP contribution in [0.1, 0.15) is 31.6 Å². The van der Waals surface area contributed by atoms with Crippen LogP contribution in [0.25, 0.3) is 0 Å². The summed E-state index contributed by atoms with van der Waals surface area (Å²) in [4.78, 5) is 20.1. The third-order valence-electron chi connectivity index (χ3n) is 4.19. The highest BCUT2D eigenvalue weighted by Crippen LogP contribution is 2.20. The van der Waals surface area contributed by atoms with Gasteiger partial charge in [0.1, 0.15) is 6.54 Å². The number of rotatable bonds is 5. The molecule has 1 aromatic rings. The predicted molar refractivity (Wildman–Crippen MR) is 79.1 cm³/mol. The smallest absolute Gasteiger partial charge is 0.346 e. The number of amides is 1. The van der Waals surface area contributed by atoms with Crippen molar-refractivity contribution in [2.24, 2.45) is 0 Å². The number of nitrogens with one attached hydrogen (secondary N) is 1. The SMILES string of the molecule is Cc1noc(C(C)N2CCN(C(C)C(=O)NCC(F)(F)F)CC2)n1. The lowest BCUT2D eigenvalue weighted by atomic mass is 10.2. The second-order valence-corrected chi connectivity index (χ2v) is 5.94. The fourth-order valence-electron chi connectivity index (χ4n) is 2.65. The molecule has 1 amide bonds. The van der Waals surface area contributed by atoms with Crippen molar-refractivity contribution in [3.8, 4) is 0 Å². The van der Waals surface area contributed by atoms with E-state index >= 15 is 0 Å². The molecule has 1 aliphatic rings. The average molecular weight is 349 g/mol. The van der Waals surface area contributed by atoms with Crippen LogP contribution < -0.4 is 5.32 Å². The summed E-state index contributed by atoms with van der Waals surface area (Å²) >= 11 is 0. The van der Waals surface area contributed by atoms with Gasteiger partial charge >= 0.3 is 6.18 Å². The van der Waals surface area contributed by atoms with Gasteiger partial charge < -0.3 is 9.84 Å². The van der Waals surface area contributed by atoms with Crippen LogP contribution in [0.2, 0.25) is 0 Å². The minimum absolute atomic E-state index is 0.0392. The van der Waals surface area contributed by atoms with E-state index in [1.165, 1.54) is 0 Å². The van der Waals surface area contributed by atoms with Crippen molar-refractivity contribution in [3.63, 3.8) is 0 Å². The topological polar surface area (TPSA) is 74.5 Å². The molecule has 2 atom stereocenters. The molecule has 136 valence electrons. The van der Waals surface area contributed by atoms with Gasteiger partial charge in [-0.15, -0.1) is 0 Å². The largest absolute Gasteiger partial charge is 0.405 e. The van der Waals surface area contributed by atoms with E-state index in [1.54, 1.807) is 13.8 Å². The lowest BCUT2D eigenvalue weighted by molar-refractivity contribution is -0.141. The molecule has 1 saturated heterocycles. The van der Waals surface area contributed by atoms with Gasteiger partial charge in [-0.2, -0.15) is 18.2 Å². The zero-order chi connectivity index (χ0) is 17.9. The highest BCUT2D eigenvalue weighted by molar-refractivity contribution is 5.81. The summed E-state index contributed by atoms with van der Waals surface area (Å²) < 4.78 is 41.7. The van der Waals surface area contributed by atoms with Crippen LogP contribution in [0.5, 0.6) is 0 Å². The van der Waals surface area contributed by atoms with Crippen molar-refractivity contribution < 1.29 is 22.5 Å². The van der Waals surface area contributed by atoms with Crippen molar-refractivity contribution in [1.82, 2.24) is 25.3 Å². The van der Waals surface area contributed by atoms with Gasteiger partial charge in [-0.3, -0.25) is 14.6 Å². The van der Waals surface area contributed by atoms with Crippen molar-refractivity contribution >= 4 is 5.91 Å². The summed E-state index contributed by atoms with van der Waals surface area (Å²) in [6.45, 7) is 6.52. The minimum atomic E-state index is -4.40. The van der Waals surface area contributed by atoms with E-state index in [2.05, 4.69) is 15.0 Å². The van der Waals surface area contributed by atoms with Crippen LogP contribution in [-0.2, 0) is 4.79 Å². The molecule has 1 aromatic heterocycles. The Labute approximate surface area is 138 Å². The molecule has 0 saturated carbocycles. The second-order valence-electron chi connectivity index (χ2n) is 5.94. The molecular formula is C14H22F3N5O2. The molecule has 7 nitrogen and oxygen atoms in total. The van der Waals surface area contributed by atoms with Crippen molar-refractivity contribution in [1.29, 1.82) is 0 Å². The summed E-state index contributed by atoms with van der Waals surface area (Å²) in [5.41, 5.74) is 0. The Morgan fingerprint density at radius 1 is 1.25 bits per heavy atom. The van der Waals surface area contributed by atoms with E-state index in [0.29, 0.717) is 37.9 Å². The van der Waals surface area contributed by atoms with Crippen LogP contribution in [0, 0.1) is 6.92 Å². The summed E-state index contributed by atoms with van der Waals surface area (Å²) in [6.07, 6.45) is -4.40. The maximum atomic E-state index is 12.2. The van der Waals surface area contributed by atoms with Crippen molar-refractivity contribution in [2.45, 2.75) is 39.0 Å². The van der Waals surface area contributed by atoms with Gasteiger partial charge in [0.2, 0.25) is 11.8 Å². The molecule has 0 aliphatic carbocycles. The Morgan fingerprint density at radius 3 is 2.33 bits per heavy atom. The van der Waals surface area contributed by atoms with E-state index in [-0.39, 0.29) is 6.04 Å². The second kappa shape index (κ2) is 7.47. The number of nitrogens with zero attached hydrogens (tertiary/aromatic N) is 4. The Hall–Kier alpha value is -1.68. The van der Waals surface area contributed by atoms with Gasteiger partial charge in [-0.25, -0.2) is 0 Å². The molecule has 1 fully saturated rings. The van der Waals surface area contributed by atoms with Gasteiger partial charge in [0.05, 0.1) is 12.1 Å². The number of piperazine rings is 1. The first-order valence-corrected chi connectivity index (χ1v) is 7.80. The van der Waals surface area contributed by atoms with Crippen LogP contribution in [0.4, 0.5) is 13.2 Å². The van der Waals surface area contributed by atoms with Gasteiger partial charge in [0, 0.05) is 26.2 Å². The highest BCUT2D eigenvalue weighted by Gasteiger charge is 2.32. The lowest BCUT2D eigenvalue weighted by Crippen LogP contribution is -2.54. The average Bonchev–Trinajstić information content (AvgIpc) is 2.97. The van der Waals surface area contributed by atoms with E-state index in [1.807, 2.05) is 17.1 Å². The highest BCUT2D eigenvalue weighted by atomic mass is 19.4. The molecule has 0 radical (unpaired) electrons. The number of carbonyl (C=O) groups is 1. The van der Waals surface area contributed by atoms with Gasteiger partial charge in [0.25, 0.3) is 0 Å². The molecule has 10 heteroatoms. The Balaban J connectivity index is 1.82. The first-order chi connectivity index (χ1) is 11.2. The fraction of sp³-hybridized carbons (Fsp3) is 0.786. The fourth-order valence-corrected chi connectivity index (χ4v) is 2.65. The zero-order valence-electron chi connectivity index (χ0n) is 13.9. The molecule has 1 N–H and O–H groups in total. The van der Waals surface area contributed by atoms with Crippen molar-refractivity contribution in [3.05, 3.63) is 11.7 Å². The van der Waals surface area contributed by atoms with Crippen LogP contribution in [0.15, 0.2) is 4.52 Å². The molecule has 0 aromatic carbocycles. The minimum Gasteiger partial charge on any atom is -0.346 e. The van der Waals surface area contributed by atoms with Gasteiger partial charge in [0.15, 0.2) is 5.82 Å². The summed E-state index contributed by atoms with van der Waals surface area (Å²) in [6, 6.07) is -0.641. The molecule has 24 heavy (non-hydrogen) atoms. The molecule has 0 bridgehead atoms. The molecule has 1 aliphatic heterocycles. The first kappa shape index (κ1) is 18.7. The summed E-state index contributed by atoms with van der Waals surface area (Å²) in [7, 11) is 0. The predicted octanol–water partition coefficient (Wildman–Crippen LogP) is 1.12. The zero-order valence-corrected chi connectivity index (χ0v) is 13.9. The van der Waals surface area contributed by atoms with Crippen LogP contribution >= 0.6 is 0 Å². The molecule has 2 rings (SSSR count). The summed E-state index contributed by atoms with van der Waals surface area (Å²) in [5, 5.41) is 5.70. The van der Waals surface area contributed by atoms with E-state index in [9.17, 15) is 18.0 Å². The normalized spacial score (nSPS) is 19.9. The standard InChI is InChI=1S/C14H22F3N5O2/c1-9(12(23)18-8-14(15,16)17)21-4-6-22(7-5-21)10(2)13-19-11(3)20-24-13/h9-10H,4-8H2,1-3H3,(H,18,23). The number of aryl methyl sites for hydroxylation is 1. The van der Waals surface area contributed by atoms with E-state index in [0.717, 1.165) is 0 Å². The lowest BCUT2D eigenvalue weighted by Gasteiger charge is -2.39. The maximum Gasteiger partial charge on any atom is 0.405 e. The third-order valence-corrected chi connectivity index (χ3v) is 4.19. The molecular weight excluding hydrogens is 327 g/mol. The van der Waals surface area contributed by atoms with E-state index < -0.39 is 24.7 Å². The number of aromatic nitrogens is 2. The number of carbonyl (C=O) groups excluding carboxylic acids is 1. The molecule has 0 spiro atoms. The Morgan fingerprint density at radius 2 is 1.83 bits per heavy atom. The Bertz CT molecular complexity index is 555. The first-order valence-electron chi connectivity index (χ1n) is 7.80.